The molecule has 0 aliphatic carbocycles. The van der Waals surface area contributed by atoms with E-state index >= 15 is 0 Å². The molecular weight excluding hydrogens is 510 g/mol. The number of amides is 1. The van der Waals surface area contributed by atoms with Gasteiger partial charge in [-0.1, -0.05) is 23.7 Å². The van der Waals surface area contributed by atoms with Crippen LogP contribution in [0.4, 0.5) is 11.4 Å². The molecule has 0 aromatic heterocycles. The predicted molar refractivity (Wildman–Crippen MR) is 148 cm³/mol. The van der Waals surface area contributed by atoms with Crippen LogP contribution in [-0.4, -0.2) is 52.0 Å². The lowest BCUT2D eigenvalue weighted by Crippen LogP contribution is -2.50. The number of nitrogens with one attached hydrogen (secondary N) is 1. The molecule has 0 spiro atoms. The molecule has 7 nitrogen and oxygen atoms in total. The summed E-state index contributed by atoms with van der Waals surface area (Å²) in [6.45, 7) is 10.2. The number of piperazine rings is 1. The molecule has 1 aliphatic heterocycles. The SMILES string of the molecule is Cc1ccc(NS(=O)(=O)c2ccc(OCC(=O)N3CCN(c4cc(Cl)ccc4C)CC3)c(C)c2)cc1C. The highest BCUT2D eigenvalue weighted by Crippen LogP contribution is 2.26. The van der Waals surface area contributed by atoms with Crippen LogP contribution in [0, 0.1) is 27.7 Å². The van der Waals surface area contributed by atoms with Gasteiger partial charge in [-0.05, 0) is 92.4 Å². The topological polar surface area (TPSA) is 78.9 Å². The molecule has 1 amide bonds. The number of aryl methyl sites for hydroxylation is 4. The van der Waals surface area contributed by atoms with Crippen molar-refractivity contribution < 1.29 is 17.9 Å². The number of carbonyl (C=O) groups excluding carboxylic acids is 1. The molecule has 1 fully saturated rings. The van der Waals surface area contributed by atoms with Gasteiger partial charge in [0.05, 0.1) is 4.90 Å². The third kappa shape index (κ3) is 6.37. The number of anilines is 2. The van der Waals surface area contributed by atoms with Crippen molar-refractivity contribution >= 4 is 38.9 Å². The summed E-state index contributed by atoms with van der Waals surface area (Å²) in [5.74, 6) is 0.377. The summed E-state index contributed by atoms with van der Waals surface area (Å²) in [7, 11) is -3.76. The summed E-state index contributed by atoms with van der Waals surface area (Å²) < 4.78 is 34.2. The number of hydrogen-bond acceptors (Lipinski definition) is 5. The van der Waals surface area contributed by atoms with E-state index in [1.54, 1.807) is 36.1 Å². The third-order valence-electron chi connectivity index (χ3n) is 6.71. The second kappa shape index (κ2) is 11.0. The van der Waals surface area contributed by atoms with E-state index in [1.807, 2.05) is 38.1 Å². The molecule has 0 atom stereocenters. The van der Waals surface area contributed by atoms with E-state index in [9.17, 15) is 13.2 Å². The Morgan fingerprint density at radius 1 is 0.865 bits per heavy atom. The van der Waals surface area contributed by atoms with Crippen molar-refractivity contribution in [2.75, 3.05) is 42.4 Å². The molecule has 1 N–H and O–H groups in total. The van der Waals surface area contributed by atoms with Crippen LogP contribution in [0.25, 0.3) is 0 Å². The molecular formula is C28H32ClN3O4S. The van der Waals surface area contributed by atoms with Gasteiger partial charge < -0.3 is 14.5 Å². The fraction of sp³-hybridized carbons (Fsp3) is 0.321. The molecule has 9 heteroatoms. The maximum absolute atomic E-state index is 12.9. The summed E-state index contributed by atoms with van der Waals surface area (Å²) >= 11 is 6.16. The van der Waals surface area contributed by atoms with Crippen LogP contribution in [0.15, 0.2) is 59.5 Å². The van der Waals surface area contributed by atoms with Gasteiger partial charge >= 0.3 is 0 Å². The zero-order chi connectivity index (χ0) is 26.7. The summed E-state index contributed by atoms with van der Waals surface area (Å²) in [6, 6.07) is 15.9. The quantitative estimate of drug-likeness (QED) is 0.450. The first-order valence-corrected chi connectivity index (χ1v) is 14.0. The van der Waals surface area contributed by atoms with E-state index in [0.29, 0.717) is 48.2 Å². The average Bonchev–Trinajstić information content (AvgIpc) is 2.86. The Kier molecular flexibility index (Phi) is 7.99. The first kappa shape index (κ1) is 26.8. The number of nitrogens with zero attached hydrogens (tertiary/aromatic N) is 2. The molecule has 4 rings (SSSR count). The van der Waals surface area contributed by atoms with Gasteiger partial charge in [-0.2, -0.15) is 0 Å². The van der Waals surface area contributed by atoms with Gasteiger partial charge in [0.1, 0.15) is 5.75 Å². The summed E-state index contributed by atoms with van der Waals surface area (Å²) in [5.41, 5.74) is 5.49. The number of ether oxygens (including phenoxy) is 1. The first-order chi connectivity index (χ1) is 17.5. The lowest BCUT2D eigenvalue weighted by atomic mass is 10.1. The second-order valence-corrected chi connectivity index (χ2v) is 11.5. The van der Waals surface area contributed by atoms with E-state index in [1.165, 1.54) is 6.07 Å². The van der Waals surface area contributed by atoms with Gasteiger partial charge in [0.15, 0.2) is 6.61 Å². The fourth-order valence-electron chi connectivity index (χ4n) is 4.32. The van der Waals surface area contributed by atoms with Crippen LogP contribution in [0.5, 0.6) is 5.75 Å². The van der Waals surface area contributed by atoms with Crippen LogP contribution in [-0.2, 0) is 14.8 Å². The van der Waals surface area contributed by atoms with Crippen molar-refractivity contribution in [3.63, 3.8) is 0 Å². The Morgan fingerprint density at radius 2 is 1.57 bits per heavy atom. The molecule has 0 saturated carbocycles. The van der Waals surface area contributed by atoms with Gasteiger partial charge in [-0.25, -0.2) is 8.42 Å². The van der Waals surface area contributed by atoms with Crippen LogP contribution in [0.3, 0.4) is 0 Å². The van der Waals surface area contributed by atoms with Crippen molar-refractivity contribution in [3.05, 3.63) is 81.9 Å². The van der Waals surface area contributed by atoms with E-state index in [-0.39, 0.29) is 17.4 Å². The monoisotopic (exact) mass is 541 g/mol. The van der Waals surface area contributed by atoms with Crippen LogP contribution >= 0.6 is 11.6 Å². The second-order valence-electron chi connectivity index (χ2n) is 9.42. The highest BCUT2D eigenvalue weighted by atomic mass is 35.5. The molecule has 0 bridgehead atoms. The van der Waals surface area contributed by atoms with E-state index < -0.39 is 10.0 Å². The predicted octanol–water partition coefficient (Wildman–Crippen LogP) is 5.10. The molecule has 1 aliphatic rings. The molecule has 0 unspecified atom stereocenters. The normalized spacial score (nSPS) is 14.0. The molecule has 3 aromatic rings. The highest BCUT2D eigenvalue weighted by Gasteiger charge is 2.23. The molecule has 3 aromatic carbocycles. The molecule has 196 valence electrons. The number of hydrogen-bond donors (Lipinski definition) is 1. The molecule has 1 saturated heterocycles. The number of benzene rings is 3. The minimum Gasteiger partial charge on any atom is -0.483 e. The zero-order valence-corrected chi connectivity index (χ0v) is 23.1. The fourth-order valence-corrected chi connectivity index (χ4v) is 5.62. The van der Waals surface area contributed by atoms with Gasteiger partial charge in [0.2, 0.25) is 0 Å². The highest BCUT2D eigenvalue weighted by molar-refractivity contribution is 7.92. The Labute approximate surface area is 224 Å². The van der Waals surface area contributed by atoms with Crippen molar-refractivity contribution in [3.8, 4) is 5.75 Å². The smallest absolute Gasteiger partial charge is 0.261 e. The number of carbonyl (C=O) groups is 1. The van der Waals surface area contributed by atoms with Crippen LogP contribution in [0.2, 0.25) is 5.02 Å². The van der Waals surface area contributed by atoms with Gasteiger partial charge in [0.25, 0.3) is 15.9 Å². The van der Waals surface area contributed by atoms with Crippen molar-refractivity contribution in [2.24, 2.45) is 0 Å². The standard InChI is InChI=1S/C28H32ClN3O4S/c1-19-6-8-24(15-21(19)3)30-37(34,35)25-9-10-27(22(4)16-25)36-18-28(33)32-13-11-31(12-14-32)26-17-23(29)7-5-20(26)2/h5-10,15-17,30H,11-14,18H2,1-4H3. The third-order valence-corrected chi connectivity index (χ3v) is 8.33. The summed E-state index contributed by atoms with van der Waals surface area (Å²) in [4.78, 5) is 16.9. The minimum absolute atomic E-state index is 0.102. The van der Waals surface area contributed by atoms with Crippen LogP contribution in [0.1, 0.15) is 22.3 Å². The first-order valence-electron chi connectivity index (χ1n) is 12.2. The summed E-state index contributed by atoms with van der Waals surface area (Å²) in [5, 5.41) is 0.697. The van der Waals surface area contributed by atoms with Gasteiger partial charge in [0, 0.05) is 42.6 Å². The Hall–Kier alpha value is -3.23. The maximum Gasteiger partial charge on any atom is 0.261 e. The maximum atomic E-state index is 12.9. The van der Waals surface area contributed by atoms with E-state index in [4.69, 9.17) is 16.3 Å². The van der Waals surface area contributed by atoms with Crippen molar-refractivity contribution in [1.29, 1.82) is 0 Å². The Bertz CT molecular complexity index is 1420. The van der Waals surface area contributed by atoms with Crippen LogP contribution < -0.4 is 14.4 Å². The largest absolute Gasteiger partial charge is 0.483 e. The number of halogens is 1. The Balaban J connectivity index is 1.33. The van der Waals surface area contributed by atoms with Gasteiger partial charge in [-0.3, -0.25) is 9.52 Å². The molecule has 37 heavy (non-hydrogen) atoms. The van der Waals surface area contributed by atoms with Crippen molar-refractivity contribution in [1.82, 2.24) is 4.90 Å². The lowest BCUT2D eigenvalue weighted by Gasteiger charge is -2.36. The molecule has 1 heterocycles. The molecule has 0 radical (unpaired) electrons. The number of sulfonamides is 1. The van der Waals surface area contributed by atoms with Gasteiger partial charge in [-0.15, -0.1) is 0 Å². The number of rotatable bonds is 7. The minimum atomic E-state index is -3.76. The van der Waals surface area contributed by atoms with E-state index in [2.05, 4.69) is 16.5 Å². The van der Waals surface area contributed by atoms with Crippen molar-refractivity contribution in [2.45, 2.75) is 32.6 Å². The average molecular weight is 542 g/mol. The summed E-state index contributed by atoms with van der Waals surface area (Å²) in [6.07, 6.45) is 0. The zero-order valence-electron chi connectivity index (χ0n) is 21.5. The lowest BCUT2D eigenvalue weighted by molar-refractivity contribution is -0.133. The van der Waals surface area contributed by atoms with E-state index in [0.717, 1.165) is 22.4 Å². The Morgan fingerprint density at radius 3 is 2.24 bits per heavy atom.